The van der Waals surface area contributed by atoms with E-state index in [4.69, 9.17) is 0 Å². The third-order valence-corrected chi connectivity index (χ3v) is 3.98. The zero-order valence-electron chi connectivity index (χ0n) is 10.4. The maximum atomic E-state index is 12.1. The van der Waals surface area contributed by atoms with E-state index in [1.807, 2.05) is 7.05 Å². The van der Waals surface area contributed by atoms with Gasteiger partial charge >= 0.3 is 0 Å². The first-order valence-corrected chi connectivity index (χ1v) is 6.70. The summed E-state index contributed by atoms with van der Waals surface area (Å²) in [4.78, 5) is 24.6. The van der Waals surface area contributed by atoms with Crippen molar-refractivity contribution in [3.05, 3.63) is 38.3 Å². The average Bonchev–Trinajstić information content (AvgIpc) is 2.74. The van der Waals surface area contributed by atoms with Crippen LogP contribution in [-0.2, 0) is 0 Å². The van der Waals surface area contributed by atoms with Crippen molar-refractivity contribution >= 4 is 27.5 Å². The van der Waals surface area contributed by atoms with Gasteiger partial charge in [-0.15, -0.1) is 0 Å². The van der Waals surface area contributed by atoms with Gasteiger partial charge in [0.15, 0.2) is 0 Å². The summed E-state index contributed by atoms with van der Waals surface area (Å²) in [5, 5.41) is 13.7. The van der Waals surface area contributed by atoms with Gasteiger partial charge in [0.1, 0.15) is 4.47 Å². The molecule has 2 rings (SSSR count). The van der Waals surface area contributed by atoms with Crippen LogP contribution in [0, 0.1) is 10.1 Å². The van der Waals surface area contributed by atoms with Gasteiger partial charge < -0.3 is 10.2 Å². The summed E-state index contributed by atoms with van der Waals surface area (Å²) in [6, 6.07) is 4.55. The van der Waals surface area contributed by atoms with Crippen molar-refractivity contribution in [3.63, 3.8) is 0 Å². The number of rotatable bonds is 3. The smallest absolute Gasteiger partial charge is 0.284 e. The highest BCUT2D eigenvalue weighted by Crippen LogP contribution is 2.28. The lowest BCUT2D eigenvalue weighted by Gasteiger charge is -2.13. The topological polar surface area (TPSA) is 75.5 Å². The molecule has 1 atom stereocenters. The molecule has 102 valence electrons. The van der Waals surface area contributed by atoms with E-state index in [0.29, 0.717) is 5.56 Å². The fourth-order valence-corrected chi connectivity index (χ4v) is 2.74. The Hall–Kier alpha value is -1.47. The van der Waals surface area contributed by atoms with Gasteiger partial charge in [-0.3, -0.25) is 14.9 Å². The number of nitrogens with zero attached hydrogens (tertiary/aromatic N) is 2. The summed E-state index contributed by atoms with van der Waals surface area (Å²) in [6.45, 7) is 1.75. The number of benzene rings is 1. The molecule has 0 bridgehead atoms. The Morgan fingerprint density at radius 3 is 2.89 bits per heavy atom. The Morgan fingerprint density at radius 1 is 1.58 bits per heavy atom. The van der Waals surface area contributed by atoms with Crippen molar-refractivity contribution in [2.24, 2.45) is 0 Å². The molecule has 1 heterocycles. The second-order valence-electron chi connectivity index (χ2n) is 4.62. The molecular weight excluding hydrogens is 314 g/mol. The van der Waals surface area contributed by atoms with Crippen LogP contribution in [0.4, 0.5) is 5.69 Å². The van der Waals surface area contributed by atoms with Crippen LogP contribution < -0.4 is 5.32 Å². The van der Waals surface area contributed by atoms with Gasteiger partial charge in [-0.1, -0.05) is 6.07 Å². The fraction of sp³-hybridized carbons (Fsp3) is 0.417. The minimum absolute atomic E-state index is 0.101. The van der Waals surface area contributed by atoms with Crippen molar-refractivity contribution in [3.8, 4) is 0 Å². The van der Waals surface area contributed by atoms with Gasteiger partial charge in [0, 0.05) is 18.7 Å². The molecule has 0 radical (unpaired) electrons. The van der Waals surface area contributed by atoms with Gasteiger partial charge in [0.05, 0.1) is 10.5 Å². The van der Waals surface area contributed by atoms with Crippen LogP contribution in [0.3, 0.4) is 0 Å². The Labute approximate surface area is 119 Å². The summed E-state index contributed by atoms with van der Waals surface area (Å²) >= 11 is 3.13. The SMILES string of the molecule is CN1CCC(NC(=O)c2cccc([N+](=O)[O-])c2Br)C1. The molecule has 7 heteroatoms. The first-order valence-electron chi connectivity index (χ1n) is 5.91. The Kier molecular flexibility index (Phi) is 4.16. The van der Waals surface area contributed by atoms with Gasteiger partial charge in [-0.05, 0) is 42.0 Å². The molecule has 0 aliphatic carbocycles. The van der Waals surface area contributed by atoms with Crippen molar-refractivity contribution < 1.29 is 9.72 Å². The van der Waals surface area contributed by atoms with Crippen LogP contribution in [0.2, 0.25) is 0 Å². The van der Waals surface area contributed by atoms with Crippen molar-refractivity contribution in [2.75, 3.05) is 20.1 Å². The molecule has 0 saturated carbocycles. The Morgan fingerprint density at radius 2 is 2.32 bits per heavy atom. The molecule has 19 heavy (non-hydrogen) atoms. The number of nitro benzene ring substituents is 1. The average molecular weight is 328 g/mol. The summed E-state index contributed by atoms with van der Waals surface area (Å²) in [5.41, 5.74) is 0.194. The summed E-state index contributed by atoms with van der Waals surface area (Å²) in [6.07, 6.45) is 0.898. The third-order valence-electron chi connectivity index (χ3n) is 3.15. The van der Waals surface area contributed by atoms with E-state index in [2.05, 4.69) is 26.1 Å². The number of nitro groups is 1. The molecule has 1 aromatic carbocycles. The molecule has 1 amide bonds. The molecule has 1 N–H and O–H groups in total. The van der Waals surface area contributed by atoms with Crippen LogP contribution in [0.5, 0.6) is 0 Å². The summed E-state index contributed by atoms with van der Waals surface area (Å²) < 4.78 is 0.226. The number of hydrogen-bond donors (Lipinski definition) is 1. The first-order chi connectivity index (χ1) is 8.99. The number of halogens is 1. The molecular formula is C12H14BrN3O3. The molecule has 1 unspecified atom stereocenters. The number of carbonyl (C=O) groups excluding carboxylic acids is 1. The van der Waals surface area contributed by atoms with Gasteiger partial charge in [-0.2, -0.15) is 0 Å². The monoisotopic (exact) mass is 327 g/mol. The highest BCUT2D eigenvalue weighted by Gasteiger charge is 2.24. The molecule has 1 saturated heterocycles. The standard InChI is InChI=1S/C12H14BrN3O3/c1-15-6-5-8(7-15)14-12(17)9-3-2-4-10(11(9)13)16(18)19/h2-4,8H,5-7H2,1H3,(H,14,17). The van der Waals surface area contributed by atoms with Crippen LogP contribution in [0.25, 0.3) is 0 Å². The number of likely N-dealkylation sites (tertiary alicyclic amines) is 1. The maximum absolute atomic E-state index is 12.1. The second kappa shape index (κ2) is 5.66. The highest BCUT2D eigenvalue weighted by atomic mass is 79.9. The van der Waals surface area contributed by atoms with E-state index in [1.165, 1.54) is 12.1 Å². The lowest BCUT2D eigenvalue weighted by Crippen LogP contribution is -2.36. The number of carbonyl (C=O) groups is 1. The zero-order chi connectivity index (χ0) is 14.0. The maximum Gasteiger partial charge on any atom is 0.284 e. The van der Waals surface area contributed by atoms with Crippen LogP contribution in [-0.4, -0.2) is 41.9 Å². The predicted molar refractivity (Wildman–Crippen MR) is 74.2 cm³/mol. The molecule has 0 spiro atoms. The molecule has 1 aromatic rings. The lowest BCUT2D eigenvalue weighted by molar-refractivity contribution is -0.385. The quantitative estimate of drug-likeness (QED) is 0.678. The molecule has 1 fully saturated rings. The number of amides is 1. The van der Waals surface area contributed by atoms with Crippen LogP contribution >= 0.6 is 15.9 Å². The van der Waals surface area contributed by atoms with Crippen molar-refractivity contribution in [1.82, 2.24) is 10.2 Å². The minimum atomic E-state index is -0.510. The minimum Gasteiger partial charge on any atom is -0.348 e. The molecule has 0 aromatic heterocycles. The van der Waals surface area contributed by atoms with Crippen LogP contribution in [0.1, 0.15) is 16.8 Å². The normalized spacial score (nSPS) is 19.4. The van der Waals surface area contributed by atoms with Crippen LogP contribution in [0.15, 0.2) is 22.7 Å². The van der Waals surface area contributed by atoms with E-state index in [9.17, 15) is 14.9 Å². The van der Waals surface area contributed by atoms with E-state index in [1.54, 1.807) is 6.07 Å². The van der Waals surface area contributed by atoms with Gasteiger partial charge in [0.2, 0.25) is 0 Å². The third kappa shape index (κ3) is 3.10. The number of likely N-dealkylation sites (N-methyl/N-ethyl adjacent to an activating group) is 1. The van der Waals surface area contributed by atoms with Gasteiger partial charge in [-0.25, -0.2) is 0 Å². The zero-order valence-corrected chi connectivity index (χ0v) is 12.0. The second-order valence-corrected chi connectivity index (χ2v) is 5.41. The molecule has 1 aliphatic heterocycles. The summed E-state index contributed by atoms with van der Waals surface area (Å²) in [5.74, 6) is -0.282. The Bertz CT molecular complexity index is 521. The predicted octanol–water partition coefficient (Wildman–Crippen LogP) is 1.79. The van der Waals surface area contributed by atoms with Crippen molar-refractivity contribution in [1.29, 1.82) is 0 Å². The van der Waals surface area contributed by atoms with E-state index in [0.717, 1.165) is 19.5 Å². The number of hydrogen-bond acceptors (Lipinski definition) is 4. The van der Waals surface area contributed by atoms with Crippen molar-refractivity contribution in [2.45, 2.75) is 12.5 Å². The van der Waals surface area contributed by atoms with E-state index in [-0.39, 0.29) is 22.1 Å². The van der Waals surface area contributed by atoms with E-state index < -0.39 is 4.92 Å². The largest absolute Gasteiger partial charge is 0.348 e. The lowest BCUT2D eigenvalue weighted by atomic mass is 10.1. The fourth-order valence-electron chi connectivity index (χ4n) is 2.15. The molecule has 6 nitrogen and oxygen atoms in total. The highest BCUT2D eigenvalue weighted by molar-refractivity contribution is 9.10. The first kappa shape index (κ1) is 14.0. The van der Waals surface area contributed by atoms with E-state index >= 15 is 0 Å². The molecule has 1 aliphatic rings. The number of nitrogens with one attached hydrogen (secondary N) is 1. The van der Waals surface area contributed by atoms with Gasteiger partial charge in [0.25, 0.3) is 11.6 Å². The Balaban J connectivity index is 2.15. The summed E-state index contributed by atoms with van der Waals surface area (Å²) in [7, 11) is 2.00.